The van der Waals surface area contributed by atoms with Crippen LogP contribution < -0.4 is 5.32 Å². The molecule has 2 rings (SSSR count). The Bertz CT molecular complexity index is 364. The molecule has 1 unspecified atom stereocenters. The van der Waals surface area contributed by atoms with Crippen molar-refractivity contribution in [3.8, 4) is 0 Å². The van der Waals surface area contributed by atoms with Gasteiger partial charge in [0.05, 0.1) is 0 Å². The summed E-state index contributed by atoms with van der Waals surface area (Å²) in [4.78, 5) is 0. The van der Waals surface area contributed by atoms with Gasteiger partial charge in [-0.2, -0.15) is 0 Å². The van der Waals surface area contributed by atoms with E-state index in [-0.39, 0.29) is 0 Å². The fourth-order valence-corrected chi connectivity index (χ4v) is 3.44. The lowest BCUT2D eigenvalue weighted by Gasteiger charge is -2.25. The second-order valence-electron chi connectivity index (χ2n) is 5.60. The van der Waals surface area contributed by atoms with Gasteiger partial charge in [0.15, 0.2) is 0 Å². The maximum absolute atomic E-state index is 3.66. The smallest absolute Gasteiger partial charge is 0.00313 e. The van der Waals surface area contributed by atoms with Crippen LogP contribution in [0.3, 0.4) is 0 Å². The van der Waals surface area contributed by atoms with E-state index >= 15 is 0 Å². The number of benzene rings is 1. The molecule has 0 spiro atoms. The molecule has 0 fully saturated rings. The predicted molar refractivity (Wildman–Crippen MR) is 87.3 cm³/mol. The summed E-state index contributed by atoms with van der Waals surface area (Å²) in [6.07, 6.45) is 9.35. The van der Waals surface area contributed by atoms with E-state index in [2.05, 4.69) is 45.5 Å². The van der Waals surface area contributed by atoms with E-state index in [0.29, 0.717) is 0 Å². The Labute approximate surface area is 126 Å². The van der Waals surface area contributed by atoms with Crippen LogP contribution >= 0.6 is 15.9 Å². The van der Waals surface area contributed by atoms with E-state index in [1.165, 1.54) is 51.5 Å². The van der Waals surface area contributed by atoms with Crippen molar-refractivity contribution in [2.45, 2.75) is 50.9 Å². The zero-order valence-electron chi connectivity index (χ0n) is 11.8. The Kier molecular flexibility index (Phi) is 6.94. The lowest BCUT2D eigenvalue weighted by atomic mass is 9.83. The topological polar surface area (TPSA) is 12.0 Å². The van der Waals surface area contributed by atoms with Crippen molar-refractivity contribution in [2.24, 2.45) is 0 Å². The first kappa shape index (κ1) is 15.1. The molecule has 0 aliphatic heterocycles. The highest BCUT2D eigenvalue weighted by atomic mass is 79.9. The van der Waals surface area contributed by atoms with Crippen molar-refractivity contribution in [1.29, 1.82) is 0 Å². The molecule has 0 saturated heterocycles. The van der Waals surface area contributed by atoms with E-state index in [4.69, 9.17) is 0 Å². The molecule has 0 bridgehead atoms. The summed E-state index contributed by atoms with van der Waals surface area (Å²) < 4.78 is 0. The molecule has 0 radical (unpaired) electrons. The molecule has 1 aromatic rings. The second-order valence-corrected chi connectivity index (χ2v) is 6.39. The lowest BCUT2D eigenvalue weighted by molar-refractivity contribution is 0.497. The van der Waals surface area contributed by atoms with Crippen LogP contribution in [0.25, 0.3) is 0 Å². The Morgan fingerprint density at radius 2 is 1.95 bits per heavy atom. The predicted octanol–water partition coefficient (Wildman–Crippen LogP) is 4.65. The highest BCUT2D eigenvalue weighted by Crippen LogP contribution is 2.30. The van der Waals surface area contributed by atoms with Crippen molar-refractivity contribution < 1.29 is 0 Å². The van der Waals surface area contributed by atoms with Gasteiger partial charge in [-0.1, -0.05) is 53.0 Å². The van der Waals surface area contributed by atoms with Crippen molar-refractivity contribution in [3.63, 3.8) is 0 Å². The second kappa shape index (κ2) is 8.76. The zero-order chi connectivity index (χ0) is 13.3. The highest BCUT2D eigenvalue weighted by molar-refractivity contribution is 9.09. The summed E-state index contributed by atoms with van der Waals surface area (Å²) in [7, 11) is 0. The molecule has 1 atom stereocenters. The van der Waals surface area contributed by atoms with E-state index in [9.17, 15) is 0 Å². The number of hydrogen-bond acceptors (Lipinski definition) is 1. The minimum Gasteiger partial charge on any atom is -0.316 e. The zero-order valence-corrected chi connectivity index (χ0v) is 13.4. The molecule has 2 heteroatoms. The van der Waals surface area contributed by atoms with E-state index in [0.717, 1.165) is 17.8 Å². The number of hydrogen-bond donors (Lipinski definition) is 1. The molecular formula is C17H26BrN. The average molecular weight is 324 g/mol. The quantitative estimate of drug-likeness (QED) is 0.542. The first-order valence-electron chi connectivity index (χ1n) is 7.76. The minimum absolute atomic E-state index is 0.743. The number of nitrogens with one attached hydrogen (secondary N) is 1. The molecule has 1 nitrogen and oxygen atoms in total. The van der Waals surface area contributed by atoms with Gasteiger partial charge >= 0.3 is 0 Å². The number of fused-ring (bicyclic) bond motifs is 1. The maximum Gasteiger partial charge on any atom is 0.00313 e. The first-order valence-corrected chi connectivity index (χ1v) is 8.88. The van der Waals surface area contributed by atoms with Gasteiger partial charge in [0, 0.05) is 11.9 Å². The third kappa shape index (κ3) is 4.92. The summed E-state index contributed by atoms with van der Waals surface area (Å²) in [6.45, 7) is 2.34. The number of halogens is 1. The van der Waals surface area contributed by atoms with Crippen LogP contribution in [0, 0.1) is 0 Å². The average Bonchev–Trinajstić information content (AvgIpc) is 2.46. The normalized spacial score (nSPS) is 18.3. The lowest BCUT2D eigenvalue weighted by Crippen LogP contribution is -2.25. The van der Waals surface area contributed by atoms with Crippen LogP contribution in [0.4, 0.5) is 0 Å². The van der Waals surface area contributed by atoms with Crippen LogP contribution in [0.15, 0.2) is 24.3 Å². The van der Waals surface area contributed by atoms with E-state index in [1.807, 2.05) is 0 Å². The highest BCUT2D eigenvalue weighted by Gasteiger charge is 2.18. The van der Waals surface area contributed by atoms with Gasteiger partial charge in [-0.05, 0) is 55.7 Å². The maximum atomic E-state index is 3.66. The van der Waals surface area contributed by atoms with Gasteiger partial charge in [-0.15, -0.1) is 0 Å². The molecule has 106 valence electrons. The Hall–Kier alpha value is -0.340. The van der Waals surface area contributed by atoms with Gasteiger partial charge in [0.25, 0.3) is 0 Å². The molecule has 0 saturated carbocycles. The standard InChI is InChI=1S/C17H26BrN/c18-12-5-1-2-6-13-19-14-16-10-7-9-15-8-3-4-11-17(15)16/h3-4,8,11,16,19H,1-2,5-7,9-10,12-14H2. The van der Waals surface area contributed by atoms with Crippen LogP contribution in [-0.2, 0) is 6.42 Å². The Morgan fingerprint density at radius 3 is 2.84 bits per heavy atom. The molecule has 1 aliphatic carbocycles. The third-order valence-electron chi connectivity index (χ3n) is 4.12. The van der Waals surface area contributed by atoms with Crippen LogP contribution in [0.2, 0.25) is 0 Å². The van der Waals surface area contributed by atoms with Gasteiger partial charge in [0.2, 0.25) is 0 Å². The number of alkyl halides is 1. The number of aryl methyl sites for hydroxylation is 1. The van der Waals surface area contributed by atoms with Crippen LogP contribution in [0.5, 0.6) is 0 Å². The van der Waals surface area contributed by atoms with Crippen molar-refractivity contribution >= 4 is 15.9 Å². The summed E-state index contributed by atoms with van der Waals surface area (Å²) in [5.41, 5.74) is 3.18. The molecular weight excluding hydrogens is 298 g/mol. The molecule has 1 aromatic carbocycles. The number of rotatable bonds is 8. The summed E-state index contributed by atoms with van der Waals surface area (Å²) in [6, 6.07) is 9.01. The van der Waals surface area contributed by atoms with Crippen molar-refractivity contribution in [3.05, 3.63) is 35.4 Å². The van der Waals surface area contributed by atoms with Crippen molar-refractivity contribution in [1.82, 2.24) is 5.32 Å². The number of unbranched alkanes of at least 4 members (excludes halogenated alkanes) is 3. The Morgan fingerprint density at radius 1 is 1.11 bits per heavy atom. The van der Waals surface area contributed by atoms with E-state index < -0.39 is 0 Å². The van der Waals surface area contributed by atoms with Gasteiger partial charge in [-0.3, -0.25) is 0 Å². The molecule has 1 aliphatic rings. The minimum atomic E-state index is 0.743. The molecule has 0 aromatic heterocycles. The third-order valence-corrected chi connectivity index (χ3v) is 4.68. The van der Waals surface area contributed by atoms with Crippen LogP contribution in [0.1, 0.15) is 55.6 Å². The molecule has 0 heterocycles. The fourth-order valence-electron chi connectivity index (χ4n) is 3.04. The molecule has 19 heavy (non-hydrogen) atoms. The molecule has 1 N–H and O–H groups in total. The monoisotopic (exact) mass is 323 g/mol. The van der Waals surface area contributed by atoms with Gasteiger partial charge in [0.1, 0.15) is 0 Å². The summed E-state index contributed by atoms with van der Waals surface area (Å²) >= 11 is 3.48. The van der Waals surface area contributed by atoms with Crippen molar-refractivity contribution in [2.75, 3.05) is 18.4 Å². The summed E-state index contributed by atoms with van der Waals surface area (Å²) in [5.74, 6) is 0.743. The SMILES string of the molecule is BrCCCCCCNCC1CCCc2ccccc21. The van der Waals surface area contributed by atoms with Gasteiger partial charge in [-0.25, -0.2) is 0 Å². The van der Waals surface area contributed by atoms with Crippen LogP contribution in [-0.4, -0.2) is 18.4 Å². The fraction of sp³-hybridized carbons (Fsp3) is 0.647. The summed E-state index contributed by atoms with van der Waals surface area (Å²) in [5, 5.41) is 4.81. The largest absolute Gasteiger partial charge is 0.316 e. The Balaban J connectivity index is 1.67. The van der Waals surface area contributed by atoms with Gasteiger partial charge < -0.3 is 5.32 Å². The molecule has 0 amide bonds. The van der Waals surface area contributed by atoms with E-state index in [1.54, 1.807) is 11.1 Å². The first-order chi connectivity index (χ1) is 9.42.